The van der Waals surface area contributed by atoms with Crippen molar-refractivity contribution in [1.82, 2.24) is 0 Å². The van der Waals surface area contributed by atoms with Gasteiger partial charge in [0.2, 0.25) is 0 Å². The van der Waals surface area contributed by atoms with Gasteiger partial charge < -0.3 is 4.90 Å². The summed E-state index contributed by atoms with van der Waals surface area (Å²) in [6.45, 7) is 1.44. The van der Waals surface area contributed by atoms with Gasteiger partial charge in [-0.1, -0.05) is 0 Å². The van der Waals surface area contributed by atoms with Gasteiger partial charge in [-0.05, 0) is 29.5 Å². The number of hydrogen-bond acceptors (Lipinski definition) is 4. The number of halogens is 1. The Hall–Kier alpha value is -1.95. The van der Waals surface area contributed by atoms with Crippen molar-refractivity contribution in [3.8, 4) is 0 Å². The standard InChI is InChI=1S/C13H11FN2O2S/c14-10-5-11(7-12(6-10)16(17)18)15-3-1-13-9(8-15)2-4-19-13/h2,4-7H,1,3,8H2. The van der Waals surface area contributed by atoms with Crippen LogP contribution < -0.4 is 4.90 Å². The molecule has 0 N–H and O–H groups in total. The van der Waals surface area contributed by atoms with Gasteiger partial charge in [-0.2, -0.15) is 0 Å². The second-order valence-electron chi connectivity index (χ2n) is 4.47. The van der Waals surface area contributed by atoms with Crippen LogP contribution in [0.3, 0.4) is 0 Å². The molecule has 0 fully saturated rings. The minimum Gasteiger partial charge on any atom is -0.367 e. The lowest BCUT2D eigenvalue weighted by molar-refractivity contribution is -0.385. The van der Waals surface area contributed by atoms with Gasteiger partial charge in [-0.3, -0.25) is 10.1 Å². The number of thiophene rings is 1. The van der Waals surface area contributed by atoms with Crippen molar-refractivity contribution in [2.75, 3.05) is 11.4 Å². The summed E-state index contributed by atoms with van der Waals surface area (Å²) in [5.41, 5.74) is 1.60. The first-order valence-electron chi connectivity index (χ1n) is 5.88. The van der Waals surface area contributed by atoms with Gasteiger partial charge >= 0.3 is 0 Å². The molecule has 0 aliphatic carbocycles. The quantitative estimate of drug-likeness (QED) is 0.625. The molecular weight excluding hydrogens is 267 g/mol. The van der Waals surface area contributed by atoms with Gasteiger partial charge in [0, 0.05) is 29.7 Å². The summed E-state index contributed by atoms with van der Waals surface area (Å²) in [4.78, 5) is 13.5. The topological polar surface area (TPSA) is 46.4 Å². The molecule has 1 aromatic carbocycles. The van der Waals surface area contributed by atoms with Crippen LogP contribution in [-0.2, 0) is 13.0 Å². The number of hydrogen-bond donors (Lipinski definition) is 0. The minimum atomic E-state index is -0.569. The second kappa shape index (κ2) is 4.62. The number of nitro benzene ring substituents is 1. The van der Waals surface area contributed by atoms with Crippen molar-refractivity contribution < 1.29 is 9.31 Å². The summed E-state index contributed by atoms with van der Waals surface area (Å²) in [5.74, 6) is -0.569. The molecule has 0 unspecified atom stereocenters. The first-order valence-corrected chi connectivity index (χ1v) is 6.76. The SMILES string of the molecule is O=[N+]([O-])c1cc(F)cc(N2CCc3sccc3C2)c1. The maximum atomic E-state index is 13.4. The third kappa shape index (κ3) is 2.31. The van der Waals surface area contributed by atoms with Crippen molar-refractivity contribution in [2.45, 2.75) is 13.0 Å². The minimum absolute atomic E-state index is 0.203. The van der Waals surface area contributed by atoms with E-state index in [2.05, 4.69) is 6.07 Å². The molecule has 0 saturated heterocycles. The molecule has 98 valence electrons. The van der Waals surface area contributed by atoms with Gasteiger partial charge in [0.1, 0.15) is 5.82 Å². The second-order valence-corrected chi connectivity index (χ2v) is 5.47. The molecule has 3 rings (SSSR count). The molecule has 0 amide bonds. The van der Waals surface area contributed by atoms with Crippen LogP contribution in [0.2, 0.25) is 0 Å². The third-order valence-electron chi connectivity index (χ3n) is 3.25. The Bertz CT molecular complexity index is 641. The van der Waals surface area contributed by atoms with E-state index in [9.17, 15) is 14.5 Å². The number of nitrogens with zero attached hydrogens (tertiary/aromatic N) is 2. The summed E-state index contributed by atoms with van der Waals surface area (Å²) in [7, 11) is 0. The average Bonchev–Trinajstić information content (AvgIpc) is 2.85. The molecule has 0 spiro atoms. The van der Waals surface area contributed by atoms with Gasteiger partial charge in [0.25, 0.3) is 5.69 Å². The Morgan fingerprint density at radius 3 is 3.00 bits per heavy atom. The van der Waals surface area contributed by atoms with Crippen LogP contribution in [0, 0.1) is 15.9 Å². The zero-order chi connectivity index (χ0) is 13.4. The van der Waals surface area contributed by atoms with Crippen LogP contribution in [0.25, 0.3) is 0 Å². The van der Waals surface area contributed by atoms with Crippen molar-refractivity contribution in [3.63, 3.8) is 0 Å². The zero-order valence-electron chi connectivity index (χ0n) is 10.0. The first kappa shape index (κ1) is 12.1. The van der Waals surface area contributed by atoms with Gasteiger partial charge in [-0.25, -0.2) is 4.39 Å². The smallest absolute Gasteiger partial charge is 0.274 e. The predicted octanol–water partition coefficient (Wildman–Crippen LogP) is 3.36. The third-order valence-corrected chi connectivity index (χ3v) is 4.27. The van der Waals surface area contributed by atoms with E-state index in [0.29, 0.717) is 12.2 Å². The summed E-state index contributed by atoms with van der Waals surface area (Å²) >= 11 is 1.72. The lowest BCUT2D eigenvalue weighted by atomic mass is 10.1. The number of non-ortho nitro benzene ring substituents is 1. The zero-order valence-corrected chi connectivity index (χ0v) is 10.8. The van der Waals surface area contributed by atoms with Crippen LogP contribution in [0.15, 0.2) is 29.6 Å². The molecule has 4 nitrogen and oxygen atoms in total. The molecular formula is C13H11FN2O2S. The molecule has 0 bridgehead atoms. The highest BCUT2D eigenvalue weighted by Gasteiger charge is 2.20. The maximum Gasteiger partial charge on any atom is 0.274 e. The van der Waals surface area contributed by atoms with Crippen LogP contribution in [0.4, 0.5) is 15.8 Å². The molecule has 19 heavy (non-hydrogen) atoms. The molecule has 0 saturated carbocycles. The Morgan fingerprint density at radius 1 is 1.37 bits per heavy atom. The van der Waals surface area contributed by atoms with Crippen molar-refractivity contribution in [3.05, 3.63) is 56.0 Å². The molecule has 0 atom stereocenters. The summed E-state index contributed by atoms with van der Waals surface area (Å²) < 4.78 is 13.4. The molecule has 2 heterocycles. The molecule has 0 radical (unpaired) electrons. The van der Waals surface area contributed by atoms with E-state index in [1.54, 1.807) is 11.3 Å². The average molecular weight is 278 g/mol. The van der Waals surface area contributed by atoms with Crippen LogP contribution in [0.1, 0.15) is 10.4 Å². The number of fused-ring (bicyclic) bond motifs is 1. The fourth-order valence-electron chi connectivity index (χ4n) is 2.32. The molecule has 6 heteroatoms. The van der Waals surface area contributed by atoms with E-state index in [0.717, 1.165) is 19.0 Å². The highest BCUT2D eigenvalue weighted by atomic mass is 32.1. The van der Waals surface area contributed by atoms with Crippen molar-refractivity contribution in [2.24, 2.45) is 0 Å². The highest BCUT2D eigenvalue weighted by Crippen LogP contribution is 2.30. The monoisotopic (exact) mass is 278 g/mol. The van der Waals surface area contributed by atoms with E-state index in [1.807, 2.05) is 10.3 Å². The fraction of sp³-hybridized carbons (Fsp3) is 0.231. The lowest BCUT2D eigenvalue weighted by Crippen LogP contribution is -2.29. The fourth-order valence-corrected chi connectivity index (χ4v) is 3.21. The van der Waals surface area contributed by atoms with Gasteiger partial charge in [0.05, 0.1) is 11.0 Å². The predicted molar refractivity (Wildman–Crippen MR) is 72.1 cm³/mol. The van der Waals surface area contributed by atoms with E-state index in [4.69, 9.17) is 0 Å². The van der Waals surface area contributed by atoms with E-state index < -0.39 is 10.7 Å². The Labute approximate surface area is 113 Å². The molecule has 1 aliphatic heterocycles. The van der Waals surface area contributed by atoms with Crippen molar-refractivity contribution >= 4 is 22.7 Å². The van der Waals surface area contributed by atoms with Crippen LogP contribution >= 0.6 is 11.3 Å². The number of nitro groups is 1. The summed E-state index contributed by atoms with van der Waals surface area (Å²) in [6.07, 6.45) is 0.900. The number of anilines is 1. The lowest BCUT2D eigenvalue weighted by Gasteiger charge is -2.28. The largest absolute Gasteiger partial charge is 0.367 e. The van der Waals surface area contributed by atoms with Crippen molar-refractivity contribution in [1.29, 1.82) is 0 Å². The van der Waals surface area contributed by atoms with Crippen LogP contribution in [0.5, 0.6) is 0 Å². The van der Waals surface area contributed by atoms with Gasteiger partial charge in [0.15, 0.2) is 0 Å². The van der Waals surface area contributed by atoms with Crippen LogP contribution in [-0.4, -0.2) is 11.5 Å². The number of benzene rings is 1. The maximum absolute atomic E-state index is 13.4. The van der Waals surface area contributed by atoms with Gasteiger partial charge in [-0.15, -0.1) is 11.3 Å². The Kier molecular flexibility index (Phi) is 2.94. The molecule has 1 aromatic heterocycles. The Morgan fingerprint density at radius 2 is 2.21 bits per heavy atom. The van der Waals surface area contributed by atoms with E-state index in [1.165, 1.54) is 22.6 Å². The number of rotatable bonds is 2. The summed E-state index contributed by atoms with van der Waals surface area (Å²) in [5, 5.41) is 12.8. The normalized spacial score (nSPS) is 14.3. The Balaban J connectivity index is 1.93. The van der Waals surface area contributed by atoms with E-state index in [-0.39, 0.29) is 5.69 Å². The highest BCUT2D eigenvalue weighted by molar-refractivity contribution is 7.10. The van der Waals surface area contributed by atoms with E-state index >= 15 is 0 Å². The molecule has 2 aromatic rings. The first-order chi connectivity index (χ1) is 9.13. The summed E-state index contributed by atoms with van der Waals surface area (Å²) in [6, 6.07) is 5.79. The molecule has 1 aliphatic rings.